The van der Waals surface area contributed by atoms with Crippen LogP contribution in [0, 0.1) is 0 Å². The maximum absolute atomic E-state index is 6.66. The predicted molar refractivity (Wildman–Crippen MR) is 139 cm³/mol. The Morgan fingerprint density at radius 3 is 1.76 bits per heavy atom. The van der Waals surface area contributed by atoms with E-state index in [1.807, 2.05) is 36.4 Å². The number of para-hydroxylation sites is 2. The molecule has 1 heterocycles. The minimum absolute atomic E-state index is 0.694. The molecule has 6 aromatic rings. The van der Waals surface area contributed by atoms with Crippen LogP contribution in [0.4, 0.5) is 17.1 Å². The molecule has 0 saturated carbocycles. The number of nitrogens with zero attached hydrogens (tertiary/aromatic N) is 1. The van der Waals surface area contributed by atoms with Crippen molar-refractivity contribution in [3.63, 3.8) is 0 Å². The number of rotatable bonds is 4. The second kappa shape index (κ2) is 8.16. The molecule has 0 radical (unpaired) electrons. The maximum atomic E-state index is 6.66. The molecule has 6 rings (SSSR count). The summed E-state index contributed by atoms with van der Waals surface area (Å²) in [5.74, 6) is 0. The second-order valence-electron chi connectivity index (χ2n) is 7.95. The molecule has 0 amide bonds. The molecular formula is C30H20ClNO. The lowest BCUT2D eigenvalue weighted by Crippen LogP contribution is -2.09. The SMILES string of the molecule is Clc1cccc2oc3cc(N(c4ccccc4)c4ccccc4)cc(-c4ccccc4)c3c12. The quantitative estimate of drug-likeness (QED) is 0.268. The fraction of sp³-hybridized carbons (Fsp3) is 0. The Morgan fingerprint density at radius 1 is 0.515 bits per heavy atom. The van der Waals surface area contributed by atoms with Crippen molar-refractivity contribution >= 4 is 50.6 Å². The molecule has 158 valence electrons. The van der Waals surface area contributed by atoms with Gasteiger partial charge in [0.05, 0.1) is 10.7 Å². The first-order valence-corrected chi connectivity index (χ1v) is 11.3. The molecule has 2 nitrogen and oxygen atoms in total. The molecule has 0 aliphatic rings. The average Bonchev–Trinajstić information content (AvgIpc) is 3.25. The van der Waals surface area contributed by atoms with Gasteiger partial charge in [0.25, 0.3) is 0 Å². The Bertz CT molecular complexity index is 1520. The van der Waals surface area contributed by atoms with Crippen LogP contribution in [0.5, 0.6) is 0 Å². The van der Waals surface area contributed by atoms with Gasteiger partial charge in [-0.25, -0.2) is 0 Å². The van der Waals surface area contributed by atoms with E-state index in [9.17, 15) is 0 Å². The number of fused-ring (bicyclic) bond motifs is 3. The molecule has 0 aliphatic carbocycles. The lowest BCUT2D eigenvalue weighted by molar-refractivity contribution is 0.669. The largest absolute Gasteiger partial charge is 0.456 e. The molecule has 5 aromatic carbocycles. The Morgan fingerprint density at radius 2 is 1.12 bits per heavy atom. The smallest absolute Gasteiger partial charge is 0.138 e. The summed E-state index contributed by atoms with van der Waals surface area (Å²) >= 11 is 6.66. The van der Waals surface area contributed by atoms with Gasteiger partial charge in [-0.15, -0.1) is 0 Å². The lowest BCUT2D eigenvalue weighted by atomic mass is 9.98. The van der Waals surface area contributed by atoms with Crippen LogP contribution in [-0.2, 0) is 0 Å². The summed E-state index contributed by atoms with van der Waals surface area (Å²) in [6.45, 7) is 0. The first-order valence-electron chi connectivity index (χ1n) is 10.9. The Balaban J connectivity index is 1.70. The van der Waals surface area contributed by atoms with Crippen molar-refractivity contribution in [3.05, 3.63) is 126 Å². The highest BCUT2D eigenvalue weighted by Crippen LogP contribution is 2.44. The predicted octanol–water partition coefficient (Wildman–Crippen LogP) is 9.38. The van der Waals surface area contributed by atoms with Crippen molar-refractivity contribution in [1.29, 1.82) is 0 Å². The number of anilines is 3. The van der Waals surface area contributed by atoms with E-state index in [1.54, 1.807) is 0 Å². The Hall–Kier alpha value is -4.01. The molecule has 0 N–H and O–H groups in total. The monoisotopic (exact) mass is 445 g/mol. The zero-order chi connectivity index (χ0) is 22.2. The van der Waals surface area contributed by atoms with E-state index in [-0.39, 0.29) is 0 Å². The van der Waals surface area contributed by atoms with E-state index in [2.05, 4.69) is 89.8 Å². The number of furan rings is 1. The summed E-state index contributed by atoms with van der Waals surface area (Å²) in [5.41, 5.74) is 6.99. The average molecular weight is 446 g/mol. The van der Waals surface area contributed by atoms with Crippen molar-refractivity contribution in [2.24, 2.45) is 0 Å². The fourth-order valence-electron chi connectivity index (χ4n) is 4.47. The number of hydrogen-bond donors (Lipinski definition) is 0. The van der Waals surface area contributed by atoms with Gasteiger partial charge in [-0.2, -0.15) is 0 Å². The summed E-state index contributed by atoms with van der Waals surface area (Å²) in [6, 6.07) is 41.4. The Kier molecular flexibility index (Phi) is 4.86. The van der Waals surface area contributed by atoms with Gasteiger partial charge >= 0.3 is 0 Å². The van der Waals surface area contributed by atoms with Crippen LogP contribution >= 0.6 is 11.6 Å². The molecule has 0 unspecified atom stereocenters. The van der Waals surface area contributed by atoms with Crippen molar-refractivity contribution in [1.82, 2.24) is 0 Å². The van der Waals surface area contributed by atoms with Crippen molar-refractivity contribution < 1.29 is 4.42 Å². The van der Waals surface area contributed by atoms with E-state index in [1.165, 1.54) is 0 Å². The van der Waals surface area contributed by atoms with Crippen LogP contribution in [-0.4, -0.2) is 0 Å². The molecular weight excluding hydrogens is 426 g/mol. The van der Waals surface area contributed by atoms with E-state index in [0.29, 0.717) is 5.02 Å². The Labute approximate surface area is 197 Å². The van der Waals surface area contributed by atoms with Crippen LogP contribution < -0.4 is 4.90 Å². The lowest BCUT2D eigenvalue weighted by Gasteiger charge is -2.26. The van der Waals surface area contributed by atoms with Gasteiger partial charge in [0.1, 0.15) is 11.2 Å². The van der Waals surface area contributed by atoms with Gasteiger partial charge in [-0.05, 0) is 53.6 Å². The third kappa shape index (κ3) is 3.45. The third-order valence-corrected chi connectivity index (χ3v) is 6.22. The number of benzene rings is 5. The highest BCUT2D eigenvalue weighted by molar-refractivity contribution is 6.38. The molecule has 0 saturated heterocycles. The van der Waals surface area contributed by atoms with Crippen molar-refractivity contribution in [3.8, 4) is 11.1 Å². The first kappa shape index (κ1) is 19.7. The van der Waals surface area contributed by atoms with Gasteiger partial charge < -0.3 is 9.32 Å². The third-order valence-electron chi connectivity index (χ3n) is 5.90. The van der Waals surface area contributed by atoms with Crippen LogP contribution in [0.2, 0.25) is 5.02 Å². The summed E-state index contributed by atoms with van der Waals surface area (Å²) in [5, 5.41) is 2.68. The second-order valence-corrected chi connectivity index (χ2v) is 8.36. The van der Waals surface area contributed by atoms with Gasteiger partial charge in [0.2, 0.25) is 0 Å². The van der Waals surface area contributed by atoms with Crippen LogP contribution in [0.1, 0.15) is 0 Å². The number of hydrogen-bond acceptors (Lipinski definition) is 2. The zero-order valence-electron chi connectivity index (χ0n) is 17.8. The van der Waals surface area contributed by atoms with Gasteiger partial charge in [-0.3, -0.25) is 0 Å². The minimum Gasteiger partial charge on any atom is -0.456 e. The van der Waals surface area contributed by atoms with Crippen LogP contribution in [0.25, 0.3) is 33.1 Å². The van der Waals surface area contributed by atoms with Crippen LogP contribution in [0.3, 0.4) is 0 Å². The molecule has 0 bridgehead atoms. The van der Waals surface area contributed by atoms with E-state index in [4.69, 9.17) is 16.0 Å². The minimum atomic E-state index is 0.694. The summed E-state index contributed by atoms with van der Waals surface area (Å²) in [7, 11) is 0. The van der Waals surface area contributed by atoms with E-state index < -0.39 is 0 Å². The van der Waals surface area contributed by atoms with Gasteiger partial charge in [-0.1, -0.05) is 84.4 Å². The molecule has 1 aromatic heterocycles. The molecule has 33 heavy (non-hydrogen) atoms. The standard InChI is InChI=1S/C30H20ClNO/c31-26-17-10-18-27-30(26)29-25(21-11-4-1-5-12-21)19-24(20-28(29)33-27)32(22-13-6-2-7-14-22)23-15-8-3-9-16-23/h1-20H. The molecule has 0 aliphatic heterocycles. The first-order chi connectivity index (χ1) is 16.3. The summed E-state index contributed by atoms with van der Waals surface area (Å²) < 4.78 is 6.35. The van der Waals surface area contributed by atoms with Crippen molar-refractivity contribution in [2.45, 2.75) is 0 Å². The highest BCUT2D eigenvalue weighted by Gasteiger charge is 2.20. The maximum Gasteiger partial charge on any atom is 0.138 e. The fourth-order valence-corrected chi connectivity index (χ4v) is 4.73. The van der Waals surface area contributed by atoms with Crippen LogP contribution in [0.15, 0.2) is 126 Å². The van der Waals surface area contributed by atoms with E-state index >= 15 is 0 Å². The molecule has 0 atom stereocenters. The highest BCUT2D eigenvalue weighted by atomic mass is 35.5. The van der Waals surface area contributed by atoms with Crippen molar-refractivity contribution in [2.75, 3.05) is 4.90 Å². The molecule has 0 fully saturated rings. The molecule has 3 heteroatoms. The van der Waals surface area contributed by atoms with E-state index in [0.717, 1.165) is 50.1 Å². The summed E-state index contributed by atoms with van der Waals surface area (Å²) in [4.78, 5) is 2.25. The normalized spacial score (nSPS) is 11.2. The summed E-state index contributed by atoms with van der Waals surface area (Å²) in [6.07, 6.45) is 0. The van der Waals surface area contributed by atoms with Gasteiger partial charge in [0.15, 0.2) is 0 Å². The zero-order valence-corrected chi connectivity index (χ0v) is 18.5. The number of halogens is 1. The topological polar surface area (TPSA) is 16.4 Å². The van der Waals surface area contributed by atoms with Gasteiger partial charge in [0, 0.05) is 28.2 Å². The molecule has 0 spiro atoms.